The van der Waals surface area contributed by atoms with Gasteiger partial charge in [-0.3, -0.25) is 0 Å². The summed E-state index contributed by atoms with van der Waals surface area (Å²) in [6.45, 7) is 1.62. The molecule has 1 unspecified atom stereocenters. The molecule has 3 N–H and O–H groups in total. The van der Waals surface area contributed by atoms with Crippen molar-refractivity contribution < 1.29 is 9.90 Å². The largest absolute Gasteiger partial charge is 0.479 e. The van der Waals surface area contributed by atoms with Gasteiger partial charge in [0.1, 0.15) is 0 Å². The second kappa shape index (κ2) is 3.49. The SMILES string of the molecule is CC#CCC(N)(S)C(=O)O. The van der Waals surface area contributed by atoms with Gasteiger partial charge >= 0.3 is 5.97 Å². The zero-order valence-corrected chi connectivity index (χ0v) is 6.48. The second-order valence-corrected chi connectivity index (χ2v) is 2.63. The van der Waals surface area contributed by atoms with Crippen LogP contribution in [-0.2, 0) is 4.79 Å². The standard InChI is InChI=1S/C6H9NO2S/c1-2-3-4-6(7,10)5(8)9/h10H,4,7H2,1H3,(H,8,9). The van der Waals surface area contributed by atoms with E-state index in [9.17, 15) is 4.79 Å². The number of aliphatic carboxylic acids is 1. The Balaban J connectivity index is 4.08. The van der Waals surface area contributed by atoms with Crippen LogP contribution in [0.15, 0.2) is 0 Å². The summed E-state index contributed by atoms with van der Waals surface area (Å²) in [4.78, 5) is 8.75. The molecule has 0 radical (unpaired) electrons. The molecule has 56 valence electrons. The molecular weight excluding hydrogens is 150 g/mol. The zero-order valence-electron chi connectivity index (χ0n) is 5.59. The van der Waals surface area contributed by atoms with E-state index in [4.69, 9.17) is 10.8 Å². The number of nitrogens with two attached hydrogens (primary N) is 1. The first-order valence-electron chi connectivity index (χ1n) is 2.65. The third-order valence-corrected chi connectivity index (χ3v) is 1.25. The van der Waals surface area contributed by atoms with Gasteiger partial charge in [-0.15, -0.1) is 24.5 Å². The Hall–Kier alpha value is -0.660. The van der Waals surface area contributed by atoms with Crippen molar-refractivity contribution in [2.45, 2.75) is 18.2 Å². The van der Waals surface area contributed by atoms with Crippen LogP contribution in [0.2, 0.25) is 0 Å². The molecule has 0 bridgehead atoms. The fourth-order valence-electron chi connectivity index (χ4n) is 0.299. The number of hydrogen-bond acceptors (Lipinski definition) is 3. The highest BCUT2D eigenvalue weighted by molar-refractivity contribution is 7.82. The van der Waals surface area contributed by atoms with Crippen LogP contribution in [-0.4, -0.2) is 15.9 Å². The van der Waals surface area contributed by atoms with Crippen LogP contribution in [0, 0.1) is 11.8 Å². The molecule has 0 saturated carbocycles. The van der Waals surface area contributed by atoms with Gasteiger partial charge in [0.2, 0.25) is 0 Å². The van der Waals surface area contributed by atoms with Crippen molar-refractivity contribution in [3.05, 3.63) is 0 Å². The molecule has 0 fully saturated rings. The summed E-state index contributed by atoms with van der Waals surface area (Å²) in [5.41, 5.74) is 5.21. The quantitative estimate of drug-likeness (QED) is 0.303. The molecule has 1 atom stereocenters. The Labute approximate surface area is 65.0 Å². The van der Waals surface area contributed by atoms with Crippen molar-refractivity contribution in [3.63, 3.8) is 0 Å². The van der Waals surface area contributed by atoms with Crippen LogP contribution in [0.1, 0.15) is 13.3 Å². The molecule has 0 aliphatic heterocycles. The monoisotopic (exact) mass is 159 g/mol. The van der Waals surface area contributed by atoms with Gasteiger partial charge in [-0.1, -0.05) is 0 Å². The Morgan fingerprint density at radius 1 is 1.90 bits per heavy atom. The van der Waals surface area contributed by atoms with Gasteiger partial charge in [0.25, 0.3) is 0 Å². The molecule has 0 rings (SSSR count). The van der Waals surface area contributed by atoms with Gasteiger partial charge in [0.15, 0.2) is 4.87 Å². The number of hydrogen-bond donors (Lipinski definition) is 3. The highest BCUT2D eigenvalue weighted by Crippen LogP contribution is 2.10. The molecule has 0 heterocycles. The van der Waals surface area contributed by atoms with E-state index in [1.807, 2.05) is 0 Å². The van der Waals surface area contributed by atoms with Crippen LogP contribution in [0.5, 0.6) is 0 Å². The van der Waals surface area contributed by atoms with Crippen molar-refractivity contribution in [1.82, 2.24) is 0 Å². The molecule has 10 heavy (non-hydrogen) atoms. The first kappa shape index (κ1) is 9.34. The van der Waals surface area contributed by atoms with Crippen molar-refractivity contribution in [2.75, 3.05) is 0 Å². The summed E-state index contributed by atoms with van der Waals surface area (Å²) in [6, 6.07) is 0. The van der Waals surface area contributed by atoms with Gasteiger partial charge < -0.3 is 10.8 Å². The van der Waals surface area contributed by atoms with Crippen molar-refractivity contribution in [1.29, 1.82) is 0 Å². The zero-order chi connectivity index (χ0) is 8.20. The first-order valence-corrected chi connectivity index (χ1v) is 3.09. The lowest BCUT2D eigenvalue weighted by atomic mass is 10.2. The third kappa shape index (κ3) is 2.76. The lowest BCUT2D eigenvalue weighted by Gasteiger charge is -2.13. The molecule has 3 nitrogen and oxygen atoms in total. The first-order chi connectivity index (χ1) is 4.50. The van der Waals surface area contributed by atoms with Gasteiger partial charge in [0, 0.05) is 6.42 Å². The smallest absolute Gasteiger partial charge is 0.334 e. The average molecular weight is 159 g/mol. The summed E-state index contributed by atoms with van der Waals surface area (Å²) in [6.07, 6.45) is 0.0575. The fraction of sp³-hybridized carbons (Fsp3) is 0.500. The lowest BCUT2D eigenvalue weighted by molar-refractivity contribution is -0.139. The predicted octanol–water partition coefficient (Wildman–Crippen LogP) is 0.0692. The number of rotatable bonds is 2. The van der Waals surface area contributed by atoms with E-state index in [1.54, 1.807) is 6.92 Å². The van der Waals surface area contributed by atoms with Crippen LogP contribution in [0.4, 0.5) is 0 Å². The summed E-state index contributed by atoms with van der Waals surface area (Å²) in [7, 11) is 0. The third-order valence-electron chi connectivity index (χ3n) is 0.905. The molecule has 0 aromatic carbocycles. The number of carbonyl (C=O) groups is 1. The van der Waals surface area contributed by atoms with Crippen LogP contribution < -0.4 is 5.73 Å². The van der Waals surface area contributed by atoms with Crippen LogP contribution >= 0.6 is 12.6 Å². The maximum Gasteiger partial charge on any atom is 0.334 e. The maximum absolute atomic E-state index is 10.3. The summed E-state index contributed by atoms with van der Waals surface area (Å²) in [5, 5.41) is 8.40. The van der Waals surface area contributed by atoms with Crippen molar-refractivity contribution >= 4 is 18.6 Å². The van der Waals surface area contributed by atoms with Gasteiger partial charge in [-0.2, -0.15) is 0 Å². The summed E-state index contributed by atoms with van der Waals surface area (Å²) < 4.78 is 0. The van der Waals surface area contributed by atoms with Crippen LogP contribution in [0.3, 0.4) is 0 Å². The average Bonchev–Trinajstić information content (AvgIpc) is 1.84. The van der Waals surface area contributed by atoms with E-state index in [1.165, 1.54) is 0 Å². The summed E-state index contributed by atoms with van der Waals surface area (Å²) >= 11 is 3.69. The molecule has 0 spiro atoms. The predicted molar refractivity (Wildman–Crippen MR) is 41.6 cm³/mol. The minimum atomic E-state index is -1.51. The molecular formula is C6H9NO2S. The fourth-order valence-corrected chi connectivity index (χ4v) is 0.378. The molecule has 0 aromatic rings. The summed E-state index contributed by atoms with van der Waals surface area (Å²) in [5.74, 6) is 3.92. The lowest BCUT2D eigenvalue weighted by Crippen LogP contribution is -2.41. The van der Waals surface area contributed by atoms with Gasteiger partial charge in [-0.05, 0) is 6.92 Å². The maximum atomic E-state index is 10.3. The molecule has 0 amide bonds. The highest BCUT2D eigenvalue weighted by atomic mass is 32.1. The van der Waals surface area contributed by atoms with E-state index in [-0.39, 0.29) is 6.42 Å². The Morgan fingerprint density at radius 3 is 2.70 bits per heavy atom. The van der Waals surface area contributed by atoms with E-state index < -0.39 is 10.8 Å². The molecule has 0 aliphatic carbocycles. The van der Waals surface area contributed by atoms with Crippen molar-refractivity contribution in [2.24, 2.45) is 5.73 Å². The molecule has 4 heteroatoms. The second-order valence-electron chi connectivity index (χ2n) is 1.83. The highest BCUT2D eigenvalue weighted by Gasteiger charge is 2.27. The van der Waals surface area contributed by atoms with Gasteiger partial charge in [0.05, 0.1) is 0 Å². The Morgan fingerprint density at radius 2 is 2.40 bits per heavy atom. The van der Waals surface area contributed by atoms with E-state index in [0.717, 1.165) is 0 Å². The normalized spacial score (nSPS) is 14.7. The minimum absolute atomic E-state index is 0.0575. The van der Waals surface area contributed by atoms with E-state index in [2.05, 4.69) is 24.5 Å². The number of thiol groups is 1. The number of carboxylic acids is 1. The Bertz CT molecular complexity index is 190. The molecule has 0 aliphatic rings. The minimum Gasteiger partial charge on any atom is -0.479 e. The number of carboxylic acid groups (broad SMARTS) is 1. The van der Waals surface area contributed by atoms with E-state index >= 15 is 0 Å². The van der Waals surface area contributed by atoms with Crippen molar-refractivity contribution in [3.8, 4) is 11.8 Å². The topological polar surface area (TPSA) is 63.3 Å². The van der Waals surface area contributed by atoms with Crippen LogP contribution in [0.25, 0.3) is 0 Å². The van der Waals surface area contributed by atoms with E-state index in [0.29, 0.717) is 0 Å². The Kier molecular flexibility index (Phi) is 3.26. The molecule has 0 aromatic heterocycles. The van der Waals surface area contributed by atoms with Gasteiger partial charge in [-0.25, -0.2) is 4.79 Å². The molecule has 0 saturated heterocycles.